The zero-order valence-corrected chi connectivity index (χ0v) is 13.1. The van der Waals surface area contributed by atoms with Crippen LogP contribution in [0.2, 0.25) is 0 Å². The second-order valence-corrected chi connectivity index (χ2v) is 6.12. The molecule has 3 heterocycles. The summed E-state index contributed by atoms with van der Waals surface area (Å²) in [6.07, 6.45) is -1.10. The third kappa shape index (κ3) is 3.39. The minimum absolute atomic E-state index is 0.0394. The molecule has 1 atom stereocenters. The van der Waals surface area contributed by atoms with Gasteiger partial charge in [-0.25, -0.2) is 4.98 Å². The highest BCUT2D eigenvalue weighted by Gasteiger charge is 2.34. The highest BCUT2D eigenvalue weighted by atomic mass is 19.4. The molecule has 0 radical (unpaired) electrons. The van der Waals surface area contributed by atoms with Crippen LogP contribution in [0.15, 0.2) is 12.4 Å². The molecule has 23 heavy (non-hydrogen) atoms. The van der Waals surface area contributed by atoms with Crippen molar-refractivity contribution in [2.24, 2.45) is 5.92 Å². The molecule has 1 aliphatic rings. The fraction of sp³-hybridized carbons (Fsp3) is 0.643. The summed E-state index contributed by atoms with van der Waals surface area (Å²) in [5, 5.41) is 3.99. The average molecular weight is 328 g/mol. The van der Waals surface area contributed by atoms with E-state index in [0.717, 1.165) is 32.0 Å². The summed E-state index contributed by atoms with van der Waals surface area (Å²) >= 11 is 0. The van der Waals surface area contributed by atoms with Gasteiger partial charge in [0.15, 0.2) is 5.69 Å². The standard InChI is InChI=1S/C14H19F3N6/c1-21-5-3-4-10(7-21)8-22(2)12-6-11(14(15,16)17)20-13-18-9-19-23(12)13/h6,9-10H,3-5,7-8H2,1-2H3. The topological polar surface area (TPSA) is 49.6 Å². The van der Waals surface area contributed by atoms with Gasteiger partial charge in [-0.3, -0.25) is 0 Å². The Balaban J connectivity index is 1.89. The summed E-state index contributed by atoms with van der Waals surface area (Å²) in [6, 6.07) is 1.04. The number of fused-ring (bicyclic) bond motifs is 1. The molecular weight excluding hydrogens is 309 g/mol. The van der Waals surface area contributed by atoms with E-state index in [0.29, 0.717) is 18.3 Å². The van der Waals surface area contributed by atoms with Crippen LogP contribution in [0, 0.1) is 5.92 Å². The molecule has 1 aliphatic heterocycles. The van der Waals surface area contributed by atoms with E-state index in [1.807, 2.05) is 4.90 Å². The van der Waals surface area contributed by atoms with Crippen molar-refractivity contribution >= 4 is 11.6 Å². The molecule has 6 nitrogen and oxygen atoms in total. The number of halogens is 3. The smallest absolute Gasteiger partial charge is 0.359 e. The monoisotopic (exact) mass is 328 g/mol. The van der Waals surface area contributed by atoms with Gasteiger partial charge < -0.3 is 9.80 Å². The lowest BCUT2D eigenvalue weighted by Gasteiger charge is -2.33. The largest absolute Gasteiger partial charge is 0.433 e. The van der Waals surface area contributed by atoms with E-state index < -0.39 is 11.9 Å². The quantitative estimate of drug-likeness (QED) is 0.862. The van der Waals surface area contributed by atoms with Crippen LogP contribution >= 0.6 is 0 Å². The number of hydrogen-bond donors (Lipinski definition) is 0. The summed E-state index contributed by atoms with van der Waals surface area (Å²) in [4.78, 5) is 11.4. The summed E-state index contributed by atoms with van der Waals surface area (Å²) in [7, 11) is 3.85. The second-order valence-electron chi connectivity index (χ2n) is 6.12. The molecule has 3 rings (SSSR count). The van der Waals surface area contributed by atoms with Gasteiger partial charge in [-0.15, -0.1) is 0 Å². The molecule has 0 aromatic carbocycles. The highest BCUT2D eigenvalue weighted by molar-refractivity contribution is 5.47. The van der Waals surface area contributed by atoms with Gasteiger partial charge in [0.25, 0.3) is 5.78 Å². The van der Waals surface area contributed by atoms with Crippen LogP contribution in [0.1, 0.15) is 18.5 Å². The van der Waals surface area contributed by atoms with Gasteiger partial charge in [0.2, 0.25) is 0 Å². The van der Waals surface area contributed by atoms with Crippen molar-refractivity contribution in [3.05, 3.63) is 18.1 Å². The van der Waals surface area contributed by atoms with Crippen LogP contribution in [0.3, 0.4) is 0 Å². The Labute approximate surface area is 131 Å². The Morgan fingerprint density at radius 2 is 2.17 bits per heavy atom. The lowest BCUT2D eigenvalue weighted by atomic mass is 9.98. The molecule has 0 bridgehead atoms. The molecule has 0 spiro atoms. The number of likely N-dealkylation sites (tertiary alicyclic amines) is 1. The zero-order valence-electron chi connectivity index (χ0n) is 13.1. The van der Waals surface area contributed by atoms with Crippen LogP contribution in [0.25, 0.3) is 5.78 Å². The zero-order chi connectivity index (χ0) is 16.6. The number of nitrogens with zero attached hydrogens (tertiary/aromatic N) is 6. The maximum absolute atomic E-state index is 13.0. The van der Waals surface area contributed by atoms with Gasteiger partial charge in [0.05, 0.1) is 0 Å². The van der Waals surface area contributed by atoms with Crippen LogP contribution in [0.5, 0.6) is 0 Å². The Morgan fingerprint density at radius 3 is 2.87 bits per heavy atom. The fourth-order valence-electron chi connectivity index (χ4n) is 3.12. The first-order chi connectivity index (χ1) is 10.8. The van der Waals surface area contributed by atoms with Crippen LogP contribution in [0.4, 0.5) is 19.0 Å². The molecule has 0 amide bonds. The Kier molecular flexibility index (Phi) is 4.13. The molecule has 1 unspecified atom stereocenters. The van der Waals surface area contributed by atoms with E-state index in [4.69, 9.17) is 0 Å². The maximum atomic E-state index is 13.0. The van der Waals surface area contributed by atoms with E-state index in [1.54, 1.807) is 7.05 Å². The molecule has 0 N–H and O–H groups in total. The second kappa shape index (κ2) is 5.95. The Hall–Kier alpha value is -1.90. The molecule has 2 aromatic heterocycles. The van der Waals surface area contributed by atoms with Crippen LogP contribution in [-0.2, 0) is 6.18 Å². The first kappa shape index (κ1) is 16.0. The predicted octanol–water partition coefficient (Wildman–Crippen LogP) is 1.92. The van der Waals surface area contributed by atoms with E-state index >= 15 is 0 Å². The van der Waals surface area contributed by atoms with E-state index in [9.17, 15) is 13.2 Å². The number of anilines is 1. The van der Waals surface area contributed by atoms with Gasteiger partial charge in [0, 0.05) is 26.2 Å². The van der Waals surface area contributed by atoms with Gasteiger partial charge in [-0.1, -0.05) is 0 Å². The average Bonchev–Trinajstić information content (AvgIpc) is 2.93. The first-order valence-electron chi connectivity index (χ1n) is 7.52. The molecule has 2 aromatic rings. The lowest BCUT2D eigenvalue weighted by Crippen LogP contribution is -2.38. The molecule has 9 heteroatoms. The first-order valence-corrected chi connectivity index (χ1v) is 7.52. The van der Waals surface area contributed by atoms with Crippen LogP contribution in [-0.4, -0.2) is 58.2 Å². The molecule has 1 fully saturated rings. The fourth-order valence-corrected chi connectivity index (χ4v) is 3.12. The highest BCUT2D eigenvalue weighted by Crippen LogP contribution is 2.30. The summed E-state index contributed by atoms with van der Waals surface area (Å²) < 4.78 is 40.4. The maximum Gasteiger partial charge on any atom is 0.433 e. The summed E-state index contributed by atoms with van der Waals surface area (Å²) in [5.41, 5.74) is -0.944. The Bertz CT molecular complexity index is 683. The van der Waals surface area contributed by atoms with Crippen molar-refractivity contribution in [1.29, 1.82) is 0 Å². The van der Waals surface area contributed by atoms with Crippen molar-refractivity contribution < 1.29 is 13.2 Å². The molecule has 0 aliphatic carbocycles. The van der Waals surface area contributed by atoms with Crippen molar-refractivity contribution in [3.8, 4) is 0 Å². The van der Waals surface area contributed by atoms with Crippen molar-refractivity contribution in [1.82, 2.24) is 24.5 Å². The number of rotatable bonds is 3. The third-order valence-corrected chi connectivity index (χ3v) is 4.17. The number of piperidine rings is 1. The van der Waals surface area contributed by atoms with Crippen molar-refractivity contribution in [3.63, 3.8) is 0 Å². The van der Waals surface area contributed by atoms with Gasteiger partial charge >= 0.3 is 6.18 Å². The van der Waals surface area contributed by atoms with Crippen molar-refractivity contribution in [2.45, 2.75) is 19.0 Å². The molecule has 0 saturated carbocycles. The minimum atomic E-state index is -4.51. The van der Waals surface area contributed by atoms with Gasteiger partial charge in [-0.2, -0.15) is 27.8 Å². The number of alkyl halides is 3. The lowest BCUT2D eigenvalue weighted by molar-refractivity contribution is -0.141. The van der Waals surface area contributed by atoms with E-state index in [1.165, 1.54) is 10.8 Å². The summed E-state index contributed by atoms with van der Waals surface area (Å²) in [6.45, 7) is 2.68. The van der Waals surface area contributed by atoms with Crippen LogP contribution < -0.4 is 4.90 Å². The molecule has 126 valence electrons. The predicted molar refractivity (Wildman–Crippen MR) is 79.3 cm³/mol. The van der Waals surface area contributed by atoms with E-state index in [-0.39, 0.29) is 5.78 Å². The van der Waals surface area contributed by atoms with Gasteiger partial charge in [0.1, 0.15) is 12.1 Å². The molecule has 1 saturated heterocycles. The number of hydrogen-bond acceptors (Lipinski definition) is 5. The van der Waals surface area contributed by atoms with Gasteiger partial charge in [-0.05, 0) is 32.4 Å². The summed E-state index contributed by atoms with van der Waals surface area (Å²) in [5.74, 6) is 0.732. The SMILES string of the molecule is CN1CCCC(CN(C)c2cc(C(F)(F)F)nc3ncnn23)C1. The van der Waals surface area contributed by atoms with Crippen molar-refractivity contribution in [2.75, 3.05) is 38.6 Å². The third-order valence-electron chi connectivity index (χ3n) is 4.17. The molecular formula is C14H19F3N6. The minimum Gasteiger partial charge on any atom is -0.359 e. The Morgan fingerprint density at radius 1 is 1.39 bits per heavy atom. The normalized spacial score (nSPS) is 20.1. The number of aromatic nitrogens is 4. The van der Waals surface area contributed by atoms with E-state index in [2.05, 4.69) is 27.0 Å².